The summed E-state index contributed by atoms with van der Waals surface area (Å²) in [5.74, 6) is -1.05. The van der Waals surface area contributed by atoms with Crippen LogP contribution in [0.15, 0.2) is 85.7 Å². The van der Waals surface area contributed by atoms with Gasteiger partial charge in [-0.1, -0.05) is 0 Å². The van der Waals surface area contributed by atoms with Gasteiger partial charge in [0.1, 0.15) is 5.69 Å². The van der Waals surface area contributed by atoms with Crippen molar-refractivity contribution >= 4 is 28.9 Å². The molecule has 10 nitrogen and oxygen atoms in total. The molecule has 10 heteroatoms. The lowest BCUT2D eigenvalue weighted by atomic mass is 10.1. The fourth-order valence-corrected chi connectivity index (χ4v) is 2.89. The Labute approximate surface area is 188 Å². The lowest BCUT2D eigenvalue weighted by molar-refractivity contribution is 0.102. The molecule has 4 heterocycles. The normalized spacial score (nSPS) is 11.3. The van der Waals surface area contributed by atoms with Crippen LogP contribution in [0.5, 0.6) is 0 Å². The average Bonchev–Trinajstić information content (AvgIpc) is 2.85. The summed E-state index contributed by atoms with van der Waals surface area (Å²) in [6.45, 7) is 0. The standard InChI is InChI=1S/C23H19N7O3/c31-21(27-16-4-1-7-24-12-16)15-10-19(22(32)28-17-5-2-8-25-13-17)30-20(11-15)23(33)29-18-6-3-9-26-14-18/h1-14,22,28,32H,(H,27,31)(H,29,33). The van der Waals surface area contributed by atoms with E-state index < -0.39 is 18.0 Å². The van der Waals surface area contributed by atoms with Gasteiger partial charge in [0.05, 0.1) is 41.3 Å². The van der Waals surface area contributed by atoms with Crippen LogP contribution in [0.4, 0.5) is 17.1 Å². The highest BCUT2D eigenvalue weighted by Gasteiger charge is 2.19. The summed E-state index contributed by atoms with van der Waals surface area (Å²) in [6.07, 6.45) is 7.96. The van der Waals surface area contributed by atoms with Gasteiger partial charge in [-0.3, -0.25) is 24.5 Å². The highest BCUT2D eigenvalue weighted by Crippen LogP contribution is 2.19. The molecule has 4 rings (SSSR count). The molecule has 0 saturated carbocycles. The predicted molar refractivity (Wildman–Crippen MR) is 121 cm³/mol. The van der Waals surface area contributed by atoms with Gasteiger partial charge in [-0.15, -0.1) is 0 Å². The molecule has 0 spiro atoms. The maximum absolute atomic E-state index is 12.9. The summed E-state index contributed by atoms with van der Waals surface area (Å²) < 4.78 is 0. The zero-order valence-corrected chi connectivity index (χ0v) is 17.2. The molecule has 0 aliphatic rings. The molecule has 1 atom stereocenters. The zero-order chi connectivity index (χ0) is 23.0. The molecule has 4 aromatic heterocycles. The van der Waals surface area contributed by atoms with Gasteiger partial charge in [-0.25, -0.2) is 4.98 Å². The molecular formula is C23H19N7O3. The number of aliphatic hydroxyl groups is 1. The topological polar surface area (TPSA) is 142 Å². The Morgan fingerprint density at radius 3 is 1.85 bits per heavy atom. The van der Waals surface area contributed by atoms with E-state index in [9.17, 15) is 14.7 Å². The first-order chi connectivity index (χ1) is 16.1. The minimum atomic E-state index is -1.30. The van der Waals surface area contributed by atoms with Gasteiger partial charge in [0.25, 0.3) is 11.8 Å². The van der Waals surface area contributed by atoms with Gasteiger partial charge in [0.2, 0.25) is 0 Å². The Kier molecular flexibility index (Phi) is 6.57. The Morgan fingerprint density at radius 2 is 1.30 bits per heavy atom. The monoisotopic (exact) mass is 441 g/mol. The average molecular weight is 441 g/mol. The van der Waals surface area contributed by atoms with Gasteiger partial charge in [-0.05, 0) is 48.5 Å². The Hall–Kier alpha value is -4.70. The van der Waals surface area contributed by atoms with Gasteiger partial charge in [0.15, 0.2) is 6.23 Å². The summed E-state index contributed by atoms with van der Waals surface area (Å²) >= 11 is 0. The van der Waals surface area contributed by atoms with Crippen molar-refractivity contribution in [1.29, 1.82) is 0 Å². The fraction of sp³-hybridized carbons (Fsp3) is 0.0435. The van der Waals surface area contributed by atoms with Crippen molar-refractivity contribution in [1.82, 2.24) is 19.9 Å². The van der Waals surface area contributed by atoms with Crippen LogP contribution in [0.2, 0.25) is 0 Å². The number of hydrogen-bond acceptors (Lipinski definition) is 8. The molecule has 0 radical (unpaired) electrons. The summed E-state index contributed by atoms with van der Waals surface area (Å²) in [4.78, 5) is 41.8. The molecule has 164 valence electrons. The molecule has 2 amide bonds. The number of aromatic nitrogens is 4. The van der Waals surface area contributed by atoms with Crippen molar-refractivity contribution in [2.24, 2.45) is 0 Å². The number of amides is 2. The third kappa shape index (κ3) is 5.71. The quantitative estimate of drug-likeness (QED) is 0.321. The molecule has 0 fully saturated rings. The number of pyridine rings is 4. The van der Waals surface area contributed by atoms with Crippen LogP contribution in [0, 0.1) is 0 Å². The van der Waals surface area contributed by atoms with E-state index in [1.54, 1.807) is 55.0 Å². The molecular weight excluding hydrogens is 422 g/mol. The molecule has 4 N–H and O–H groups in total. The van der Waals surface area contributed by atoms with Crippen LogP contribution in [-0.2, 0) is 0 Å². The van der Waals surface area contributed by atoms with E-state index in [-0.39, 0.29) is 17.0 Å². The molecule has 33 heavy (non-hydrogen) atoms. The number of nitrogens with one attached hydrogen (secondary N) is 3. The SMILES string of the molecule is O=C(Nc1cccnc1)c1cc(C(=O)Nc2cccnc2)nc(C(O)Nc2cccnc2)c1. The second-order valence-corrected chi connectivity index (χ2v) is 6.85. The Balaban J connectivity index is 1.64. The lowest BCUT2D eigenvalue weighted by Gasteiger charge is -2.16. The van der Waals surface area contributed by atoms with Crippen molar-refractivity contribution in [2.75, 3.05) is 16.0 Å². The van der Waals surface area contributed by atoms with Crippen LogP contribution >= 0.6 is 0 Å². The van der Waals surface area contributed by atoms with Gasteiger partial charge in [0, 0.05) is 24.2 Å². The fourth-order valence-electron chi connectivity index (χ4n) is 2.89. The summed E-state index contributed by atoms with van der Waals surface area (Å²) in [5.41, 5.74) is 1.64. The number of hydrogen-bond donors (Lipinski definition) is 4. The van der Waals surface area contributed by atoms with E-state index in [0.29, 0.717) is 17.1 Å². The number of nitrogens with zero attached hydrogens (tertiary/aromatic N) is 4. The smallest absolute Gasteiger partial charge is 0.274 e. The third-order valence-electron chi connectivity index (χ3n) is 4.42. The van der Waals surface area contributed by atoms with E-state index in [2.05, 4.69) is 35.9 Å². The molecule has 0 aromatic carbocycles. The van der Waals surface area contributed by atoms with Crippen molar-refractivity contribution in [3.8, 4) is 0 Å². The number of aliphatic hydroxyl groups excluding tert-OH is 1. The van der Waals surface area contributed by atoms with E-state index in [1.165, 1.54) is 30.7 Å². The zero-order valence-electron chi connectivity index (χ0n) is 17.2. The maximum Gasteiger partial charge on any atom is 0.274 e. The lowest BCUT2D eigenvalue weighted by Crippen LogP contribution is -2.21. The first-order valence-corrected chi connectivity index (χ1v) is 9.88. The first-order valence-electron chi connectivity index (χ1n) is 9.88. The van der Waals surface area contributed by atoms with Gasteiger partial charge >= 0.3 is 0 Å². The minimum Gasteiger partial charge on any atom is -0.368 e. The third-order valence-corrected chi connectivity index (χ3v) is 4.42. The van der Waals surface area contributed by atoms with Crippen molar-refractivity contribution in [2.45, 2.75) is 6.23 Å². The van der Waals surface area contributed by atoms with Gasteiger partial charge < -0.3 is 21.1 Å². The van der Waals surface area contributed by atoms with E-state index in [4.69, 9.17) is 0 Å². The predicted octanol–water partition coefficient (Wildman–Crippen LogP) is 2.87. The minimum absolute atomic E-state index is 0.0558. The van der Waals surface area contributed by atoms with Crippen LogP contribution in [-0.4, -0.2) is 36.9 Å². The molecule has 0 aliphatic carbocycles. The molecule has 0 saturated heterocycles. The molecule has 4 aromatic rings. The number of anilines is 3. The second-order valence-electron chi connectivity index (χ2n) is 6.85. The Morgan fingerprint density at radius 1 is 0.758 bits per heavy atom. The summed E-state index contributed by atoms with van der Waals surface area (Å²) in [6, 6.07) is 12.9. The number of carbonyl (C=O) groups is 2. The van der Waals surface area contributed by atoms with Crippen molar-refractivity contribution in [3.05, 3.63) is 103 Å². The van der Waals surface area contributed by atoms with E-state index >= 15 is 0 Å². The largest absolute Gasteiger partial charge is 0.368 e. The van der Waals surface area contributed by atoms with Crippen molar-refractivity contribution < 1.29 is 14.7 Å². The number of carbonyl (C=O) groups excluding carboxylic acids is 2. The molecule has 0 aliphatic heterocycles. The summed E-state index contributed by atoms with van der Waals surface area (Å²) in [7, 11) is 0. The van der Waals surface area contributed by atoms with Crippen LogP contribution < -0.4 is 16.0 Å². The van der Waals surface area contributed by atoms with Gasteiger partial charge in [-0.2, -0.15) is 0 Å². The maximum atomic E-state index is 12.9. The first kappa shape index (κ1) is 21.5. The molecule has 0 bridgehead atoms. The highest BCUT2D eigenvalue weighted by atomic mass is 16.3. The highest BCUT2D eigenvalue weighted by molar-refractivity contribution is 6.08. The van der Waals surface area contributed by atoms with Crippen LogP contribution in [0.3, 0.4) is 0 Å². The van der Waals surface area contributed by atoms with E-state index in [0.717, 1.165) is 0 Å². The second kappa shape index (κ2) is 10.1. The number of rotatable bonds is 7. The van der Waals surface area contributed by atoms with E-state index in [1.807, 2.05) is 0 Å². The summed E-state index contributed by atoms with van der Waals surface area (Å²) in [5, 5.41) is 18.9. The van der Waals surface area contributed by atoms with Crippen molar-refractivity contribution in [3.63, 3.8) is 0 Å². The van der Waals surface area contributed by atoms with Crippen LogP contribution in [0.1, 0.15) is 32.8 Å². The van der Waals surface area contributed by atoms with Crippen LogP contribution in [0.25, 0.3) is 0 Å². The Bertz CT molecular complexity index is 1170. The molecule has 1 unspecified atom stereocenters.